The van der Waals surface area contributed by atoms with Crippen LogP contribution in [-0.2, 0) is 4.79 Å². The molecule has 3 N–H and O–H groups in total. The van der Waals surface area contributed by atoms with Crippen molar-refractivity contribution < 1.29 is 13.6 Å². The van der Waals surface area contributed by atoms with Crippen LogP contribution in [0.15, 0.2) is 36.4 Å². The van der Waals surface area contributed by atoms with Gasteiger partial charge in [-0.2, -0.15) is 0 Å². The van der Waals surface area contributed by atoms with Gasteiger partial charge in [-0.3, -0.25) is 4.79 Å². The standard InChI is InChI=1S/C15H13ClF2N2O/c1-8-5-9(17)7-10(6-8)20-14(15(19)21)13-11(16)3-2-4-12(13)18/h2-7,14,20H,1H3,(H2,19,21). The lowest BCUT2D eigenvalue weighted by atomic mass is 10.0. The summed E-state index contributed by atoms with van der Waals surface area (Å²) >= 11 is 5.94. The first-order chi connectivity index (χ1) is 9.88. The van der Waals surface area contributed by atoms with E-state index in [0.29, 0.717) is 11.3 Å². The van der Waals surface area contributed by atoms with Crippen LogP contribution < -0.4 is 11.1 Å². The largest absolute Gasteiger partial charge is 0.370 e. The molecular weight excluding hydrogens is 298 g/mol. The van der Waals surface area contributed by atoms with E-state index in [4.69, 9.17) is 17.3 Å². The maximum absolute atomic E-state index is 13.9. The van der Waals surface area contributed by atoms with E-state index >= 15 is 0 Å². The molecule has 0 radical (unpaired) electrons. The average molecular weight is 311 g/mol. The number of nitrogens with one attached hydrogen (secondary N) is 1. The van der Waals surface area contributed by atoms with Crippen LogP contribution in [0.5, 0.6) is 0 Å². The summed E-state index contributed by atoms with van der Waals surface area (Å²) in [5.74, 6) is -1.95. The Balaban J connectivity index is 2.43. The first-order valence-corrected chi connectivity index (χ1v) is 6.53. The van der Waals surface area contributed by atoms with E-state index in [9.17, 15) is 13.6 Å². The van der Waals surface area contributed by atoms with Gasteiger partial charge in [0.25, 0.3) is 0 Å². The lowest BCUT2D eigenvalue weighted by Gasteiger charge is -2.19. The van der Waals surface area contributed by atoms with Gasteiger partial charge in [0.15, 0.2) is 0 Å². The Morgan fingerprint density at radius 2 is 2.00 bits per heavy atom. The summed E-state index contributed by atoms with van der Waals surface area (Å²) in [4.78, 5) is 11.6. The lowest BCUT2D eigenvalue weighted by molar-refractivity contribution is -0.118. The number of nitrogens with two attached hydrogens (primary N) is 1. The maximum Gasteiger partial charge on any atom is 0.244 e. The fraction of sp³-hybridized carbons (Fsp3) is 0.133. The van der Waals surface area contributed by atoms with E-state index in [1.165, 1.54) is 30.3 Å². The summed E-state index contributed by atoms with van der Waals surface area (Å²) in [5.41, 5.74) is 6.22. The van der Waals surface area contributed by atoms with Gasteiger partial charge in [0, 0.05) is 16.3 Å². The third-order valence-corrected chi connectivity index (χ3v) is 3.26. The van der Waals surface area contributed by atoms with E-state index < -0.39 is 23.6 Å². The molecule has 2 rings (SSSR count). The molecule has 0 bridgehead atoms. The number of anilines is 1. The van der Waals surface area contributed by atoms with E-state index in [1.807, 2.05) is 0 Å². The molecule has 0 aliphatic carbocycles. The number of hydrogen-bond acceptors (Lipinski definition) is 2. The molecule has 21 heavy (non-hydrogen) atoms. The number of primary amides is 1. The second-order valence-corrected chi connectivity index (χ2v) is 5.04. The number of rotatable bonds is 4. The summed E-state index contributed by atoms with van der Waals surface area (Å²) in [6.07, 6.45) is 0. The molecule has 0 aromatic heterocycles. The first kappa shape index (κ1) is 15.3. The van der Waals surface area contributed by atoms with Crippen molar-refractivity contribution in [2.45, 2.75) is 13.0 Å². The zero-order valence-electron chi connectivity index (χ0n) is 11.2. The first-order valence-electron chi connectivity index (χ1n) is 6.15. The fourth-order valence-corrected chi connectivity index (χ4v) is 2.33. The molecule has 0 spiro atoms. The predicted octanol–water partition coefficient (Wildman–Crippen LogP) is 3.57. The van der Waals surface area contributed by atoms with Crippen LogP contribution in [0, 0.1) is 18.6 Å². The molecule has 1 amide bonds. The highest BCUT2D eigenvalue weighted by molar-refractivity contribution is 6.31. The van der Waals surface area contributed by atoms with Crippen molar-refractivity contribution in [3.05, 3.63) is 64.2 Å². The van der Waals surface area contributed by atoms with Gasteiger partial charge in [0.1, 0.15) is 17.7 Å². The molecule has 110 valence electrons. The normalized spacial score (nSPS) is 12.0. The van der Waals surface area contributed by atoms with Gasteiger partial charge in [-0.05, 0) is 42.8 Å². The van der Waals surface area contributed by atoms with E-state index in [2.05, 4.69) is 5.32 Å². The van der Waals surface area contributed by atoms with Crippen molar-refractivity contribution in [3.8, 4) is 0 Å². The molecule has 0 aliphatic heterocycles. The monoisotopic (exact) mass is 310 g/mol. The molecule has 0 saturated carbocycles. The molecule has 2 aromatic rings. The van der Waals surface area contributed by atoms with Crippen LogP contribution in [0.25, 0.3) is 0 Å². The number of benzene rings is 2. The van der Waals surface area contributed by atoms with Crippen molar-refractivity contribution in [3.63, 3.8) is 0 Å². The van der Waals surface area contributed by atoms with Crippen LogP contribution in [0.2, 0.25) is 5.02 Å². The molecule has 0 fully saturated rings. The summed E-state index contributed by atoms with van der Waals surface area (Å²) in [6, 6.07) is 7.00. The van der Waals surface area contributed by atoms with E-state index in [-0.39, 0.29) is 10.6 Å². The SMILES string of the molecule is Cc1cc(F)cc(NC(C(N)=O)c2c(F)cccc2Cl)c1. The zero-order valence-corrected chi connectivity index (χ0v) is 11.9. The zero-order chi connectivity index (χ0) is 15.6. The average Bonchev–Trinajstić information content (AvgIpc) is 2.35. The van der Waals surface area contributed by atoms with Gasteiger partial charge in [-0.1, -0.05) is 17.7 Å². The maximum atomic E-state index is 13.9. The number of hydrogen-bond donors (Lipinski definition) is 2. The Labute approximate surface area is 125 Å². The van der Waals surface area contributed by atoms with Crippen LogP contribution in [0.3, 0.4) is 0 Å². The number of aryl methyl sites for hydroxylation is 1. The minimum Gasteiger partial charge on any atom is -0.370 e. The fourth-order valence-electron chi connectivity index (χ4n) is 2.06. The molecular formula is C15H13ClF2N2O. The van der Waals surface area contributed by atoms with Crippen LogP contribution >= 0.6 is 11.6 Å². The Bertz CT molecular complexity index is 651. The van der Waals surface area contributed by atoms with Crippen LogP contribution in [0.1, 0.15) is 17.2 Å². The third kappa shape index (κ3) is 3.49. The molecule has 6 heteroatoms. The lowest BCUT2D eigenvalue weighted by Crippen LogP contribution is -2.29. The third-order valence-electron chi connectivity index (χ3n) is 2.93. The molecule has 1 atom stereocenters. The number of amides is 1. The van der Waals surface area contributed by atoms with Gasteiger partial charge in [-0.25, -0.2) is 8.78 Å². The molecule has 0 heterocycles. The van der Waals surface area contributed by atoms with E-state index in [0.717, 1.165) is 0 Å². The Morgan fingerprint density at radius 1 is 1.29 bits per heavy atom. The quantitative estimate of drug-likeness (QED) is 0.907. The van der Waals surface area contributed by atoms with Gasteiger partial charge in [-0.15, -0.1) is 0 Å². The Hall–Kier alpha value is -2.14. The highest BCUT2D eigenvalue weighted by Gasteiger charge is 2.24. The van der Waals surface area contributed by atoms with E-state index in [1.54, 1.807) is 13.0 Å². The summed E-state index contributed by atoms with van der Waals surface area (Å²) in [6.45, 7) is 1.70. The topological polar surface area (TPSA) is 55.1 Å². The van der Waals surface area contributed by atoms with Gasteiger partial charge < -0.3 is 11.1 Å². The second kappa shape index (κ2) is 6.10. The van der Waals surface area contributed by atoms with Crippen molar-refractivity contribution in [1.29, 1.82) is 0 Å². The molecule has 2 aromatic carbocycles. The van der Waals surface area contributed by atoms with Gasteiger partial charge >= 0.3 is 0 Å². The van der Waals surface area contributed by atoms with Crippen molar-refractivity contribution in [1.82, 2.24) is 0 Å². The Morgan fingerprint density at radius 3 is 2.57 bits per heavy atom. The van der Waals surface area contributed by atoms with Gasteiger partial charge in [0.2, 0.25) is 5.91 Å². The smallest absolute Gasteiger partial charge is 0.244 e. The molecule has 0 saturated heterocycles. The van der Waals surface area contributed by atoms with Crippen molar-refractivity contribution in [2.75, 3.05) is 5.32 Å². The number of halogens is 3. The molecule has 1 unspecified atom stereocenters. The summed E-state index contributed by atoms with van der Waals surface area (Å²) in [7, 11) is 0. The highest BCUT2D eigenvalue weighted by atomic mass is 35.5. The number of carbonyl (C=O) groups is 1. The minimum atomic E-state index is -1.19. The highest BCUT2D eigenvalue weighted by Crippen LogP contribution is 2.29. The summed E-state index contributed by atoms with van der Waals surface area (Å²) in [5, 5.41) is 2.79. The molecule has 0 aliphatic rings. The predicted molar refractivity (Wildman–Crippen MR) is 78.1 cm³/mol. The van der Waals surface area contributed by atoms with Crippen LogP contribution in [0.4, 0.5) is 14.5 Å². The van der Waals surface area contributed by atoms with Gasteiger partial charge in [0.05, 0.1) is 0 Å². The van der Waals surface area contributed by atoms with Crippen LogP contribution in [-0.4, -0.2) is 5.91 Å². The van der Waals surface area contributed by atoms with Crippen molar-refractivity contribution in [2.24, 2.45) is 5.73 Å². The minimum absolute atomic E-state index is 0.0615. The van der Waals surface area contributed by atoms with Crippen molar-refractivity contribution >= 4 is 23.2 Å². The number of carbonyl (C=O) groups excluding carboxylic acids is 1. The Kier molecular flexibility index (Phi) is 4.43. The molecule has 3 nitrogen and oxygen atoms in total. The summed E-state index contributed by atoms with van der Waals surface area (Å²) < 4.78 is 27.3. The second-order valence-electron chi connectivity index (χ2n) is 4.63.